The third kappa shape index (κ3) is 3.39. The molecule has 0 aliphatic carbocycles. The van der Waals surface area contributed by atoms with Crippen molar-refractivity contribution in [2.24, 2.45) is 5.73 Å². The molecule has 0 aromatic heterocycles. The maximum Gasteiger partial charge on any atom is 0.0471 e. The Labute approximate surface area is 103 Å². The summed E-state index contributed by atoms with van der Waals surface area (Å²) in [7, 11) is 0. The van der Waals surface area contributed by atoms with Crippen LogP contribution in [0.1, 0.15) is 32.3 Å². The molecular weight excluding hydrogens is 220 g/mol. The summed E-state index contributed by atoms with van der Waals surface area (Å²) in [5.74, 6) is 0. The van der Waals surface area contributed by atoms with E-state index < -0.39 is 0 Å². The van der Waals surface area contributed by atoms with Crippen molar-refractivity contribution >= 4 is 17.3 Å². The highest BCUT2D eigenvalue weighted by atomic mass is 35.5. The topological polar surface area (TPSA) is 29.3 Å². The van der Waals surface area contributed by atoms with Crippen LogP contribution >= 0.6 is 11.6 Å². The lowest BCUT2D eigenvalue weighted by Crippen LogP contribution is -2.23. The molecule has 0 heterocycles. The van der Waals surface area contributed by atoms with E-state index in [9.17, 15) is 0 Å². The molecule has 3 heteroatoms. The molecule has 0 atom stereocenters. The Morgan fingerprint density at radius 3 is 2.56 bits per heavy atom. The SMILES string of the molecule is CCCCN(CC)c1ccc(CN)c(Cl)c1. The Balaban J connectivity index is 2.80. The molecule has 0 bridgehead atoms. The van der Waals surface area contributed by atoms with Gasteiger partial charge in [0.05, 0.1) is 0 Å². The summed E-state index contributed by atoms with van der Waals surface area (Å²) in [6, 6.07) is 6.14. The minimum atomic E-state index is 0.500. The summed E-state index contributed by atoms with van der Waals surface area (Å²) in [6.45, 7) is 6.97. The van der Waals surface area contributed by atoms with Crippen LogP contribution in [-0.4, -0.2) is 13.1 Å². The van der Waals surface area contributed by atoms with E-state index in [0.29, 0.717) is 6.54 Å². The minimum absolute atomic E-state index is 0.500. The zero-order chi connectivity index (χ0) is 12.0. The molecule has 0 spiro atoms. The predicted molar refractivity (Wildman–Crippen MR) is 72.1 cm³/mol. The molecular formula is C13H21ClN2. The molecule has 0 unspecified atom stereocenters. The van der Waals surface area contributed by atoms with Crippen molar-refractivity contribution in [1.29, 1.82) is 0 Å². The summed E-state index contributed by atoms with van der Waals surface area (Å²) < 4.78 is 0. The van der Waals surface area contributed by atoms with Crippen molar-refractivity contribution in [1.82, 2.24) is 0 Å². The standard InChI is InChI=1S/C13H21ClN2/c1-3-5-8-16(4-2)12-7-6-11(10-15)13(14)9-12/h6-7,9H,3-5,8,10,15H2,1-2H3. The van der Waals surface area contributed by atoms with E-state index in [-0.39, 0.29) is 0 Å². The summed E-state index contributed by atoms with van der Waals surface area (Å²) in [5.41, 5.74) is 7.80. The highest BCUT2D eigenvalue weighted by molar-refractivity contribution is 6.31. The minimum Gasteiger partial charge on any atom is -0.372 e. The number of hydrogen-bond donors (Lipinski definition) is 1. The third-order valence-corrected chi connectivity index (χ3v) is 3.14. The smallest absolute Gasteiger partial charge is 0.0471 e. The van der Waals surface area contributed by atoms with Crippen molar-refractivity contribution < 1.29 is 0 Å². The van der Waals surface area contributed by atoms with Gasteiger partial charge >= 0.3 is 0 Å². The number of rotatable bonds is 6. The van der Waals surface area contributed by atoms with Crippen LogP contribution in [0.2, 0.25) is 5.02 Å². The molecule has 0 saturated carbocycles. The van der Waals surface area contributed by atoms with Gasteiger partial charge in [0.15, 0.2) is 0 Å². The average molecular weight is 241 g/mol. The first kappa shape index (κ1) is 13.3. The van der Waals surface area contributed by atoms with Gasteiger partial charge in [-0.15, -0.1) is 0 Å². The van der Waals surface area contributed by atoms with Gasteiger partial charge in [-0.05, 0) is 31.0 Å². The molecule has 0 aliphatic rings. The predicted octanol–water partition coefficient (Wildman–Crippen LogP) is 3.43. The second-order valence-electron chi connectivity index (χ2n) is 3.91. The summed E-state index contributed by atoms with van der Waals surface area (Å²) in [5, 5.41) is 0.773. The highest BCUT2D eigenvalue weighted by Gasteiger charge is 2.06. The summed E-state index contributed by atoms with van der Waals surface area (Å²) >= 11 is 6.16. The van der Waals surface area contributed by atoms with Gasteiger partial charge in [0.2, 0.25) is 0 Å². The number of unbranched alkanes of at least 4 members (excludes halogenated alkanes) is 1. The van der Waals surface area contributed by atoms with Crippen molar-refractivity contribution in [2.45, 2.75) is 33.2 Å². The van der Waals surface area contributed by atoms with E-state index in [1.165, 1.54) is 18.5 Å². The van der Waals surface area contributed by atoms with Crippen LogP contribution in [0, 0.1) is 0 Å². The van der Waals surface area contributed by atoms with E-state index in [1.807, 2.05) is 12.1 Å². The lowest BCUT2D eigenvalue weighted by atomic mass is 10.2. The van der Waals surface area contributed by atoms with Crippen LogP contribution < -0.4 is 10.6 Å². The quantitative estimate of drug-likeness (QED) is 0.826. The second-order valence-corrected chi connectivity index (χ2v) is 4.32. The first-order valence-corrected chi connectivity index (χ1v) is 6.34. The monoisotopic (exact) mass is 240 g/mol. The highest BCUT2D eigenvalue weighted by Crippen LogP contribution is 2.23. The Morgan fingerprint density at radius 2 is 2.06 bits per heavy atom. The fraction of sp³-hybridized carbons (Fsp3) is 0.538. The maximum atomic E-state index is 6.16. The van der Waals surface area contributed by atoms with Crippen LogP contribution in [0.5, 0.6) is 0 Å². The molecule has 16 heavy (non-hydrogen) atoms. The van der Waals surface area contributed by atoms with Gasteiger partial charge in [-0.25, -0.2) is 0 Å². The van der Waals surface area contributed by atoms with Crippen LogP contribution in [0.15, 0.2) is 18.2 Å². The summed E-state index contributed by atoms with van der Waals surface area (Å²) in [6.07, 6.45) is 2.43. The fourth-order valence-corrected chi connectivity index (χ4v) is 1.97. The van der Waals surface area contributed by atoms with E-state index in [0.717, 1.165) is 23.7 Å². The van der Waals surface area contributed by atoms with Gasteiger partial charge in [-0.1, -0.05) is 31.0 Å². The van der Waals surface area contributed by atoms with Crippen molar-refractivity contribution in [3.63, 3.8) is 0 Å². The number of anilines is 1. The Kier molecular flexibility index (Phi) is 5.64. The van der Waals surface area contributed by atoms with E-state index >= 15 is 0 Å². The lowest BCUT2D eigenvalue weighted by Gasteiger charge is -2.23. The van der Waals surface area contributed by atoms with Crippen LogP contribution in [0.4, 0.5) is 5.69 Å². The van der Waals surface area contributed by atoms with Crippen LogP contribution in [0.25, 0.3) is 0 Å². The number of nitrogens with two attached hydrogens (primary N) is 1. The van der Waals surface area contributed by atoms with Gasteiger partial charge in [-0.2, -0.15) is 0 Å². The Hall–Kier alpha value is -0.730. The van der Waals surface area contributed by atoms with Crippen LogP contribution in [0.3, 0.4) is 0 Å². The van der Waals surface area contributed by atoms with E-state index in [2.05, 4.69) is 24.8 Å². The zero-order valence-electron chi connectivity index (χ0n) is 10.2. The third-order valence-electron chi connectivity index (χ3n) is 2.79. The molecule has 0 saturated heterocycles. The van der Waals surface area contributed by atoms with Gasteiger partial charge in [-0.3, -0.25) is 0 Å². The molecule has 1 aromatic carbocycles. The van der Waals surface area contributed by atoms with E-state index in [4.69, 9.17) is 17.3 Å². The maximum absolute atomic E-state index is 6.16. The van der Waals surface area contributed by atoms with Crippen molar-refractivity contribution in [3.8, 4) is 0 Å². The number of nitrogens with zero attached hydrogens (tertiary/aromatic N) is 1. The molecule has 0 aliphatic heterocycles. The van der Waals surface area contributed by atoms with Gasteiger partial charge in [0.25, 0.3) is 0 Å². The molecule has 2 N–H and O–H groups in total. The Morgan fingerprint density at radius 1 is 1.31 bits per heavy atom. The van der Waals surface area contributed by atoms with Crippen molar-refractivity contribution in [3.05, 3.63) is 28.8 Å². The molecule has 2 nitrogen and oxygen atoms in total. The number of halogens is 1. The van der Waals surface area contributed by atoms with E-state index in [1.54, 1.807) is 0 Å². The largest absolute Gasteiger partial charge is 0.372 e. The number of benzene rings is 1. The van der Waals surface area contributed by atoms with Gasteiger partial charge in [0, 0.05) is 30.3 Å². The second kappa shape index (κ2) is 6.77. The van der Waals surface area contributed by atoms with Gasteiger partial charge in [0.1, 0.15) is 0 Å². The lowest BCUT2D eigenvalue weighted by molar-refractivity contribution is 0.732. The molecule has 1 aromatic rings. The normalized spacial score (nSPS) is 10.5. The first-order valence-electron chi connectivity index (χ1n) is 5.96. The van der Waals surface area contributed by atoms with Crippen molar-refractivity contribution in [2.75, 3.05) is 18.0 Å². The first-order chi connectivity index (χ1) is 7.72. The fourth-order valence-electron chi connectivity index (χ4n) is 1.72. The molecule has 0 fully saturated rings. The molecule has 1 rings (SSSR count). The van der Waals surface area contributed by atoms with Gasteiger partial charge < -0.3 is 10.6 Å². The number of hydrogen-bond acceptors (Lipinski definition) is 2. The van der Waals surface area contributed by atoms with Crippen LogP contribution in [-0.2, 0) is 6.54 Å². The zero-order valence-corrected chi connectivity index (χ0v) is 10.9. The summed E-state index contributed by atoms with van der Waals surface area (Å²) in [4.78, 5) is 2.34. The average Bonchev–Trinajstić information content (AvgIpc) is 2.30. The Bertz CT molecular complexity index is 326. The molecule has 0 radical (unpaired) electrons. The molecule has 90 valence electrons. The molecule has 0 amide bonds.